The van der Waals surface area contributed by atoms with E-state index in [2.05, 4.69) is 15.6 Å². The number of nitrogen functional groups attached to an aromatic ring is 1. The number of benzene rings is 2. The molecule has 0 spiro atoms. The van der Waals surface area contributed by atoms with Crippen LogP contribution in [0.5, 0.6) is 5.75 Å². The van der Waals surface area contributed by atoms with Gasteiger partial charge >= 0.3 is 0 Å². The van der Waals surface area contributed by atoms with E-state index in [0.717, 1.165) is 16.9 Å². The summed E-state index contributed by atoms with van der Waals surface area (Å²) in [7, 11) is 1.60. The lowest BCUT2D eigenvalue weighted by molar-refractivity contribution is 0.102. The minimum absolute atomic E-state index is 0.0459. The fourth-order valence-corrected chi connectivity index (χ4v) is 2.73. The Balaban J connectivity index is 1.78. The molecule has 3 N–H and O–H groups in total. The van der Waals surface area contributed by atoms with Gasteiger partial charge in [0.15, 0.2) is 11.5 Å². The zero-order valence-corrected chi connectivity index (χ0v) is 15.1. The van der Waals surface area contributed by atoms with Gasteiger partial charge in [0.25, 0.3) is 5.91 Å². The lowest BCUT2D eigenvalue weighted by Gasteiger charge is -2.08. The Bertz CT molecular complexity index is 955. The highest BCUT2D eigenvalue weighted by molar-refractivity contribution is 6.34. The lowest BCUT2D eigenvalue weighted by atomic mass is 10.2. The number of hydrogen-bond donors (Lipinski definition) is 2. The molecule has 0 unspecified atom stereocenters. The van der Waals surface area contributed by atoms with Gasteiger partial charge in [-0.1, -0.05) is 35.0 Å². The van der Waals surface area contributed by atoms with Crippen molar-refractivity contribution in [2.75, 3.05) is 18.2 Å². The van der Waals surface area contributed by atoms with E-state index in [1.165, 1.54) is 4.68 Å². The van der Waals surface area contributed by atoms with Gasteiger partial charge in [-0.3, -0.25) is 4.79 Å². The van der Waals surface area contributed by atoms with Gasteiger partial charge in [0.05, 0.1) is 24.4 Å². The van der Waals surface area contributed by atoms with E-state index in [1.54, 1.807) is 19.2 Å². The van der Waals surface area contributed by atoms with Crippen molar-refractivity contribution >= 4 is 29.0 Å². The van der Waals surface area contributed by atoms with Crippen LogP contribution >= 0.6 is 11.6 Å². The molecule has 0 aliphatic heterocycles. The summed E-state index contributed by atoms with van der Waals surface area (Å²) in [5, 5.41) is 11.0. The summed E-state index contributed by atoms with van der Waals surface area (Å²) in [6.45, 7) is 2.29. The summed E-state index contributed by atoms with van der Waals surface area (Å²) in [5.41, 5.74) is 8.51. The van der Waals surface area contributed by atoms with Gasteiger partial charge in [0.2, 0.25) is 0 Å². The summed E-state index contributed by atoms with van der Waals surface area (Å²) in [6.07, 6.45) is 0. The molecule has 0 radical (unpaired) electrons. The number of halogens is 1. The Kier molecular flexibility index (Phi) is 5.09. The number of amides is 1. The molecule has 3 aromatic rings. The van der Waals surface area contributed by atoms with Crippen LogP contribution in [0.2, 0.25) is 5.02 Å². The van der Waals surface area contributed by atoms with Crippen molar-refractivity contribution in [2.45, 2.75) is 13.5 Å². The maximum Gasteiger partial charge on any atom is 0.280 e. The van der Waals surface area contributed by atoms with Crippen LogP contribution in [0.15, 0.2) is 42.5 Å². The second kappa shape index (κ2) is 7.45. The van der Waals surface area contributed by atoms with E-state index in [0.29, 0.717) is 17.3 Å². The average Bonchev–Trinajstić information content (AvgIpc) is 2.98. The SMILES string of the molecule is COc1cccc(Cn2nnc(C(=O)Nc3ccc(C)cc3Cl)c2N)c1. The van der Waals surface area contributed by atoms with Gasteiger partial charge < -0.3 is 15.8 Å². The van der Waals surface area contributed by atoms with Gasteiger partial charge in [-0.2, -0.15) is 0 Å². The van der Waals surface area contributed by atoms with Crippen LogP contribution in [0.1, 0.15) is 21.6 Å². The quantitative estimate of drug-likeness (QED) is 0.718. The van der Waals surface area contributed by atoms with Gasteiger partial charge in [-0.25, -0.2) is 4.68 Å². The number of nitrogens with one attached hydrogen (secondary N) is 1. The number of aromatic nitrogens is 3. The molecule has 0 saturated carbocycles. The number of carbonyl (C=O) groups excluding carboxylic acids is 1. The Morgan fingerprint density at radius 2 is 2.12 bits per heavy atom. The number of ether oxygens (including phenoxy) is 1. The molecule has 0 bridgehead atoms. The Hall–Kier alpha value is -3.06. The predicted molar refractivity (Wildman–Crippen MR) is 101 cm³/mol. The molecule has 0 aliphatic rings. The molecular weight excluding hydrogens is 354 g/mol. The summed E-state index contributed by atoms with van der Waals surface area (Å²) in [5.74, 6) is 0.437. The van der Waals surface area contributed by atoms with Gasteiger partial charge in [-0.15, -0.1) is 5.10 Å². The van der Waals surface area contributed by atoms with E-state index in [1.807, 2.05) is 37.3 Å². The first-order valence-corrected chi connectivity index (χ1v) is 8.25. The Labute approximate surface area is 155 Å². The standard InChI is InChI=1S/C18H18ClN5O2/c1-11-6-7-15(14(19)8-11)21-18(25)16-17(20)24(23-22-16)10-12-4-3-5-13(9-12)26-2/h3-9H,10,20H2,1-2H3,(H,21,25). The number of rotatable bonds is 5. The maximum atomic E-state index is 12.5. The van der Waals surface area contributed by atoms with Crippen LogP contribution in [0.4, 0.5) is 11.5 Å². The molecular formula is C18H18ClN5O2. The van der Waals surface area contributed by atoms with Crippen LogP contribution in [-0.4, -0.2) is 28.0 Å². The molecule has 0 fully saturated rings. The fourth-order valence-electron chi connectivity index (χ4n) is 2.45. The van der Waals surface area contributed by atoms with Crippen LogP contribution in [0.3, 0.4) is 0 Å². The van der Waals surface area contributed by atoms with Crippen molar-refractivity contribution in [3.8, 4) is 5.75 Å². The largest absolute Gasteiger partial charge is 0.497 e. The summed E-state index contributed by atoms with van der Waals surface area (Å²) in [4.78, 5) is 12.5. The smallest absolute Gasteiger partial charge is 0.280 e. The molecule has 3 rings (SSSR count). The highest BCUT2D eigenvalue weighted by atomic mass is 35.5. The summed E-state index contributed by atoms with van der Waals surface area (Å²) in [6, 6.07) is 12.8. The van der Waals surface area contributed by atoms with Crippen molar-refractivity contribution in [1.29, 1.82) is 0 Å². The fraction of sp³-hybridized carbons (Fsp3) is 0.167. The second-order valence-corrected chi connectivity index (χ2v) is 6.18. The monoisotopic (exact) mass is 371 g/mol. The number of nitrogens with zero attached hydrogens (tertiary/aromatic N) is 3. The molecule has 26 heavy (non-hydrogen) atoms. The van der Waals surface area contributed by atoms with Crippen molar-refractivity contribution in [3.05, 3.63) is 64.3 Å². The highest BCUT2D eigenvalue weighted by Crippen LogP contribution is 2.24. The van der Waals surface area contributed by atoms with Crippen molar-refractivity contribution in [3.63, 3.8) is 0 Å². The minimum atomic E-state index is -0.467. The Morgan fingerprint density at radius 1 is 1.31 bits per heavy atom. The Morgan fingerprint density at radius 3 is 2.85 bits per heavy atom. The van der Waals surface area contributed by atoms with Gasteiger partial charge in [0, 0.05) is 0 Å². The normalized spacial score (nSPS) is 10.6. The molecule has 2 aromatic carbocycles. The van der Waals surface area contributed by atoms with E-state index in [9.17, 15) is 4.79 Å². The molecule has 134 valence electrons. The van der Waals surface area contributed by atoms with Crippen LogP contribution in [0.25, 0.3) is 0 Å². The summed E-state index contributed by atoms with van der Waals surface area (Å²) >= 11 is 6.14. The first-order chi connectivity index (χ1) is 12.5. The van der Waals surface area contributed by atoms with E-state index < -0.39 is 5.91 Å². The molecule has 1 amide bonds. The van der Waals surface area contributed by atoms with Crippen molar-refractivity contribution < 1.29 is 9.53 Å². The third kappa shape index (κ3) is 3.78. The lowest BCUT2D eigenvalue weighted by Crippen LogP contribution is -2.15. The molecule has 8 heteroatoms. The van der Waals surface area contributed by atoms with Crippen LogP contribution in [-0.2, 0) is 6.54 Å². The molecule has 1 heterocycles. The van der Waals surface area contributed by atoms with E-state index >= 15 is 0 Å². The molecule has 7 nitrogen and oxygen atoms in total. The average molecular weight is 372 g/mol. The number of nitrogens with two attached hydrogens (primary N) is 1. The number of hydrogen-bond acceptors (Lipinski definition) is 5. The molecule has 1 aromatic heterocycles. The second-order valence-electron chi connectivity index (χ2n) is 5.77. The number of methoxy groups -OCH3 is 1. The molecule has 0 aliphatic carbocycles. The van der Waals surface area contributed by atoms with Gasteiger partial charge in [-0.05, 0) is 42.3 Å². The predicted octanol–water partition coefficient (Wildman–Crippen LogP) is 3.13. The van der Waals surface area contributed by atoms with Crippen LogP contribution < -0.4 is 15.8 Å². The zero-order valence-electron chi connectivity index (χ0n) is 14.4. The zero-order chi connectivity index (χ0) is 18.7. The topological polar surface area (TPSA) is 95.1 Å². The number of carbonyl (C=O) groups is 1. The molecule has 0 atom stereocenters. The van der Waals surface area contributed by atoms with Gasteiger partial charge in [0.1, 0.15) is 5.75 Å². The number of anilines is 2. The minimum Gasteiger partial charge on any atom is -0.497 e. The van der Waals surface area contributed by atoms with Crippen molar-refractivity contribution in [1.82, 2.24) is 15.0 Å². The first-order valence-electron chi connectivity index (χ1n) is 7.87. The highest BCUT2D eigenvalue weighted by Gasteiger charge is 2.18. The van der Waals surface area contributed by atoms with E-state index in [-0.39, 0.29) is 11.5 Å². The summed E-state index contributed by atoms with van der Waals surface area (Å²) < 4.78 is 6.66. The third-order valence-electron chi connectivity index (χ3n) is 3.83. The first kappa shape index (κ1) is 17.8. The molecule has 0 saturated heterocycles. The van der Waals surface area contributed by atoms with Crippen LogP contribution in [0, 0.1) is 6.92 Å². The number of aryl methyl sites for hydroxylation is 1. The maximum absolute atomic E-state index is 12.5. The van der Waals surface area contributed by atoms with E-state index in [4.69, 9.17) is 22.1 Å². The van der Waals surface area contributed by atoms with Crippen molar-refractivity contribution in [2.24, 2.45) is 0 Å². The third-order valence-corrected chi connectivity index (χ3v) is 4.14.